The summed E-state index contributed by atoms with van der Waals surface area (Å²) in [6, 6.07) is 27.7. The summed E-state index contributed by atoms with van der Waals surface area (Å²) in [6.45, 7) is 2.01. The molecule has 0 spiro atoms. The Bertz CT molecular complexity index is 867. The highest BCUT2D eigenvalue weighted by molar-refractivity contribution is 5.88. The van der Waals surface area contributed by atoms with Gasteiger partial charge in [-0.2, -0.15) is 0 Å². The van der Waals surface area contributed by atoms with Gasteiger partial charge in [-0.15, -0.1) is 0 Å². The van der Waals surface area contributed by atoms with Crippen molar-refractivity contribution in [1.29, 1.82) is 0 Å². The Kier molecular flexibility index (Phi) is 6.58. The molecule has 3 rings (SSSR count). The molecular formula is C24H24N2O2. The van der Waals surface area contributed by atoms with Crippen LogP contribution in [0, 0.1) is 0 Å². The predicted octanol–water partition coefficient (Wildman–Crippen LogP) is 4.14. The van der Waals surface area contributed by atoms with Gasteiger partial charge < -0.3 is 10.6 Å². The highest BCUT2D eigenvalue weighted by Crippen LogP contribution is 2.23. The van der Waals surface area contributed by atoms with Crippen molar-refractivity contribution in [3.63, 3.8) is 0 Å². The van der Waals surface area contributed by atoms with Crippen LogP contribution in [0.2, 0.25) is 0 Å². The second kappa shape index (κ2) is 9.51. The third kappa shape index (κ3) is 5.55. The lowest BCUT2D eigenvalue weighted by atomic mass is 9.91. The second-order valence-corrected chi connectivity index (χ2v) is 6.73. The van der Waals surface area contributed by atoms with Crippen LogP contribution >= 0.6 is 0 Å². The average molecular weight is 372 g/mol. The molecule has 0 aliphatic carbocycles. The number of rotatable bonds is 7. The van der Waals surface area contributed by atoms with E-state index in [0.29, 0.717) is 13.0 Å². The van der Waals surface area contributed by atoms with Crippen LogP contribution in [0.25, 0.3) is 0 Å². The summed E-state index contributed by atoms with van der Waals surface area (Å²) in [4.78, 5) is 23.5. The smallest absolute Gasteiger partial charge is 0.224 e. The van der Waals surface area contributed by atoms with E-state index in [9.17, 15) is 9.59 Å². The first kappa shape index (κ1) is 19.4. The second-order valence-electron chi connectivity index (χ2n) is 6.73. The molecular weight excluding hydrogens is 348 g/mol. The van der Waals surface area contributed by atoms with Crippen molar-refractivity contribution in [2.45, 2.75) is 19.3 Å². The maximum Gasteiger partial charge on any atom is 0.224 e. The lowest BCUT2D eigenvalue weighted by Gasteiger charge is -2.19. The van der Waals surface area contributed by atoms with Crippen molar-refractivity contribution >= 4 is 17.5 Å². The first-order valence-corrected chi connectivity index (χ1v) is 9.35. The molecule has 4 nitrogen and oxygen atoms in total. The van der Waals surface area contributed by atoms with Crippen molar-refractivity contribution in [2.75, 3.05) is 11.9 Å². The quantitative estimate of drug-likeness (QED) is 0.655. The monoisotopic (exact) mass is 372 g/mol. The van der Waals surface area contributed by atoms with Gasteiger partial charge in [0.25, 0.3) is 0 Å². The lowest BCUT2D eigenvalue weighted by molar-refractivity contribution is -0.120. The SMILES string of the molecule is CC(=O)Nc1ccc(CC(=O)NCC(c2ccccc2)c2ccccc2)cc1. The molecule has 0 saturated heterocycles. The molecule has 0 aliphatic rings. The minimum absolute atomic E-state index is 0.0239. The fourth-order valence-corrected chi connectivity index (χ4v) is 3.17. The molecule has 28 heavy (non-hydrogen) atoms. The van der Waals surface area contributed by atoms with Gasteiger partial charge in [0.05, 0.1) is 6.42 Å². The summed E-state index contributed by atoms with van der Waals surface area (Å²) in [5.74, 6) is -0.0315. The first-order valence-electron chi connectivity index (χ1n) is 9.35. The van der Waals surface area contributed by atoms with Crippen LogP contribution in [0.5, 0.6) is 0 Å². The van der Waals surface area contributed by atoms with Crippen LogP contribution < -0.4 is 10.6 Å². The Morgan fingerprint density at radius 1 is 0.786 bits per heavy atom. The number of anilines is 1. The van der Waals surface area contributed by atoms with Crippen LogP contribution in [0.1, 0.15) is 29.5 Å². The summed E-state index contributed by atoms with van der Waals surface area (Å²) in [7, 11) is 0. The van der Waals surface area contributed by atoms with E-state index < -0.39 is 0 Å². The van der Waals surface area contributed by atoms with E-state index in [1.165, 1.54) is 18.1 Å². The third-order valence-electron chi connectivity index (χ3n) is 4.55. The van der Waals surface area contributed by atoms with E-state index >= 15 is 0 Å². The van der Waals surface area contributed by atoms with Crippen LogP contribution in [-0.4, -0.2) is 18.4 Å². The fraction of sp³-hybridized carbons (Fsp3) is 0.167. The molecule has 3 aromatic rings. The molecule has 0 radical (unpaired) electrons. The van der Waals surface area contributed by atoms with Crippen LogP contribution in [0.3, 0.4) is 0 Å². The van der Waals surface area contributed by atoms with E-state index in [-0.39, 0.29) is 17.7 Å². The Morgan fingerprint density at radius 2 is 1.32 bits per heavy atom. The lowest BCUT2D eigenvalue weighted by Crippen LogP contribution is -2.30. The number of nitrogens with one attached hydrogen (secondary N) is 2. The molecule has 0 unspecified atom stereocenters. The summed E-state index contributed by atoms with van der Waals surface area (Å²) >= 11 is 0. The number of carbonyl (C=O) groups excluding carboxylic acids is 2. The molecule has 142 valence electrons. The zero-order chi connectivity index (χ0) is 19.8. The van der Waals surface area contributed by atoms with E-state index in [0.717, 1.165) is 11.3 Å². The highest BCUT2D eigenvalue weighted by atomic mass is 16.2. The van der Waals surface area contributed by atoms with E-state index in [1.807, 2.05) is 48.5 Å². The molecule has 0 bridgehead atoms. The molecule has 0 saturated carbocycles. The molecule has 2 amide bonds. The summed E-state index contributed by atoms with van der Waals surface area (Å²) in [5, 5.41) is 5.79. The maximum absolute atomic E-state index is 12.5. The Balaban J connectivity index is 1.63. The Hall–Kier alpha value is -3.40. The van der Waals surface area contributed by atoms with Crippen molar-refractivity contribution < 1.29 is 9.59 Å². The average Bonchev–Trinajstić information content (AvgIpc) is 2.71. The van der Waals surface area contributed by atoms with Gasteiger partial charge in [-0.3, -0.25) is 9.59 Å². The third-order valence-corrected chi connectivity index (χ3v) is 4.55. The van der Waals surface area contributed by atoms with Crippen LogP contribution in [0.4, 0.5) is 5.69 Å². The van der Waals surface area contributed by atoms with Crippen LogP contribution in [-0.2, 0) is 16.0 Å². The van der Waals surface area contributed by atoms with Gasteiger partial charge in [-0.05, 0) is 28.8 Å². The number of amides is 2. The Morgan fingerprint density at radius 3 is 1.82 bits per heavy atom. The van der Waals surface area contributed by atoms with Gasteiger partial charge >= 0.3 is 0 Å². The largest absolute Gasteiger partial charge is 0.355 e. The number of hydrogen-bond donors (Lipinski definition) is 2. The normalized spacial score (nSPS) is 10.5. The van der Waals surface area contributed by atoms with Crippen molar-refractivity contribution in [2.24, 2.45) is 0 Å². The molecule has 0 atom stereocenters. The standard InChI is InChI=1S/C24H24N2O2/c1-18(27)26-22-14-12-19(13-15-22)16-24(28)25-17-23(20-8-4-2-5-9-20)21-10-6-3-7-11-21/h2-15,23H,16-17H2,1H3,(H,25,28)(H,26,27). The van der Waals surface area contributed by atoms with E-state index in [4.69, 9.17) is 0 Å². The summed E-state index contributed by atoms with van der Waals surface area (Å²) in [6.07, 6.45) is 0.302. The number of benzene rings is 3. The highest BCUT2D eigenvalue weighted by Gasteiger charge is 2.15. The summed E-state index contributed by atoms with van der Waals surface area (Å²) in [5.41, 5.74) is 3.98. The van der Waals surface area contributed by atoms with Gasteiger partial charge in [0, 0.05) is 25.1 Å². The van der Waals surface area contributed by atoms with Gasteiger partial charge in [-0.25, -0.2) is 0 Å². The molecule has 0 aliphatic heterocycles. The van der Waals surface area contributed by atoms with Gasteiger partial charge in [-0.1, -0.05) is 72.8 Å². The topological polar surface area (TPSA) is 58.2 Å². The molecule has 4 heteroatoms. The number of carbonyl (C=O) groups is 2. The van der Waals surface area contributed by atoms with Gasteiger partial charge in [0.15, 0.2) is 0 Å². The minimum Gasteiger partial charge on any atom is -0.355 e. The predicted molar refractivity (Wildman–Crippen MR) is 112 cm³/mol. The molecule has 0 aromatic heterocycles. The van der Waals surface area contributed by atoms with Gasteiger partial charge in [0.1, 0.15) is 0 Å². The molecule has 0 fully saturated rings. The minimum atomic E-state index is -0.113. The molecule has 2 N–H and O–H groups in total. The zero-order valence-corrected chi connectivity index (χ0v) is 15.9. The van der Waals surface area contributed by atoms with Crippen molar-refractivity contribution in [3.8, 4) is 0 Å². The van der Waals surface area contributed by atoms with Crippen LogP contribution in [0.15, 0.2) is 84.9 Å². The van der Waals surface area contributed by atoms with E-state index in [1.54, 1.807) is 12.1 Å². The zero-order valence-electron chi connectivity index (χ0n) is 15.9. The Labute approximate surface area is 165 Å². The molecule has 0 heterocycles. The molecule has 3 aromatic carbocycles. The number of hydrogen-bond acceptors (Lipinski definition) is 2. The van der Waals surface area contributed by atoms with Crippen molar-refractivity contribution in [1.82, 2.24) is 5.32 Å². The summed E-state index contributed by atoms with van der Waals surface area (Å²) < 4.78 is 0. The van der Waals surface area contributed by atoms with E-state index in [2.05, 4.69) is 34.9 Å². The fourth-order valence-electron chi connectivity index (χ4n) is 3.17. The van der Waals surface area contributed by atoms with Gasteiger partial charge in [0.2, 0.25) is 11.8 Å². The van der Waals surface area contributed by atoms with Crippen molar-refractivity contribution in [3.05, 3.63) is 102 Å². The maximum atomic E-state index is 12.5. The first-order chi connectivity index (χ1) is 13.6.